The Labute approximate surface area is 471 Å². The molecular weight excluding hydrogens is 1180 g/mol. The van der Waals surface area contributed by atoms with Crippen molar-refractivity contribution in [1.29, 1.82) is 0 Å². The Balaban J connectivity index is 0.000000311. The van der Waals surface area contributed by atoms with Gasteiger partial charge in [-0.15, -0.1) is 0 Å². The molecule has 0 saturated heterocycles. The molecule has 6 aromatic rings. The maximum atomic E-state index is 12.5. The highest BCUT2D eigenvalue weighted by Crippen LogP contribution is 2.39. The summed E-state index contributed by atoms with van der Waals surface area (Å²) >= 11 is 47.4. The van der Waals surface area contributed by atoms with Gasteiger partial charge >= 0.3 is 0 Å². The standard InChI is InChI=1S/C14H7ClO2.C10H11ClO3.C7H3Cl3O.C7H10Cl2O2.2C7H3ClF2O/c15-14(17)11-7-3-6-10-12(11)8-4-1-2-5-9(8)13(10)16;1-13-8-4-3-7(6-10(11)12)5-9(8)14-2;8-5-1-4(7(10)11)2-6(9)3-5;1-5(4-7(9)11)2-3-6(8)10;8-7(11)5-3-4(9)1-2-6(5)10;8-7(11)4-1-2-5(9)6(10)3-4/h1-7H;3-5H,6H2,1-2H3;1-3H;5H,2-4H2,1H3;2*1-3H. The van der Waals surface area contributed by atoms with Crippen molar-refractivity contribution in [3.8, 4) is 22.6 Å². The molecule has 0 bridgehead atoms. The number of halogens is 13. The van der Waals surface area contributed by atoms with E-state index >= 15 is 0 Å². The van der Waals surface area contributed by atoms with Gasteiger partial charge in [0.25, 0.3) is 21.0 Å². The van der Waals surface area contributed by atoms with E-state index in [0.717, 1.165) is 47.5 Å². The quantitative estimate of drug-likeness (QED) is 0.0805. The van der Waals surface area contributed by atoms with E-state index < -0.39 is 55.0 Å². The zero-order valence-electron chi connectivity index (χ0n) is 38.9. The summed E-state index contributed by atoms with van der Waals surface area (Å²) < 4.78 is 59.6. The molecule has 7 rings (SSSR count). The fourth-order valence-electron chi connectivity index (χ4n) is 6.06. The van der Waals surface area contributed by atoms with Crippen LogP contribution in [0.15, 0.2) is 115 Å². The van der Waals surface area contributed by atoms with Crippen LogP contribution in [-0.2, 0) is 20.8 Å². The molecule has 0 aromatic heterocycles. The molecule has 1 atom stereocenters. The number of fused-ring (bicyclic) bond motifs is 3. The van der Waals surface area contributed by atoms with Crippen molar-refractivity contribution in [2.75, 3.05) is 14.2 Å². The highest BCUT2D eigenvalue weighted by atomic mass is 35.5. The Kier molecular flexibility index (Phi) is 28.8. The predicted molar refractivity (Wildman–Crippen MR) is 284 cm³/mol. The third-order valence-electron chi connectivity index (χ3n) is 9.47. The van der Waals surface area contributed by atoms with Crippen molar-refractivity contribution < 1.29 is 65.4 Å². The maximum absolute atomic E-state index is 12.5. The van der Waals surface area contributed by atoms with Crippen LogP contribution < -0.4 is 9.47 Å². The minimum Gasteiger partial charge on any atom is -0.493 e. The summed E-state index contributed by atoms with van der Waals surface area (Å²) in [6, 6.07) is 27.3. The molecule has 10 nitrogen and oxygen atoms in total. The van der Waals surface area contributed by atoms with Crippen molar-refractivity contribution in [2.45, 2.75) is 32.6 Å². The van der Waals surface area contributed by atoms with E-state index in [4.69, 9.17) is 114 Å². The minimum atomic E-state index is -1.07. The Morgan fingerprint density at radius 3 is 1.56 bits per heavy atom. The van der Waals surface area contributed by atoms with Gasteiger partial charge in [0.05, 0.1) is 19.8 Å². The second-order valence-electron chi connectivity index (χ2n) is 14.9. The molecule has 0 radical (unpaired) electrons. The molecule has 0 aliphatic heterocycles. The molecule has 75 heavy (non-hydrogen) atoms. The number of rotatable bonds is 13. The number of hydrogen-bond acceptors (Lipinski definition) is 10. The van der Waals surface area contributed by atoms with Gasteiger partial charge in [-0.1, -0.05) is 72.6 Å². The molecule has 6 aromatic carbocycles. The molecule has 23 heteroatoms. The second-order valence-corrected chi connectivity index (χ2v) is 18.4. The van der Waals surface area contributed by atoms with E-state index in [1.54, 1.807) is 56.7 Å². The van der Waals surface area contributed by atoms with Crippen LogP contribution in [-0.4, -0.2) is 56.7 Å². The number of methoxy groups -OCH3 is 2. The monoisotopic (exact) mass is 1210 g/mol. The van der Waals surface area contributed by atoms with Crippen LogP contribution in [0.3, 0.4) is 0 Å². The number of ether oxygens (including phenoxy) is 2. The van der Waals surface area contributed by atoms with Crippen molar-refractivity contribution >= 4 is 147 Å². The van der Waals surface area contributed by atoms with Gasteiger partial charge in [-0.2, -0.15) is 0 Å². The Bertz CT molecular complexity index is 3050. The summed E-state index contributed by atoms with van der Waals surface area (Å²) in [5.74, 6) is -2.23. The van der Waals surface area contributed by atoms with E-state index in [1.165, 1.54) is 18.2 Å². The van der Waals surface area contributed by atoms with Gasteiger partial charge in [-0.25, -0.2) is 17.6 Å². The SMILES string of the molecule is CC(CCC(=O)Cl)CC(=O)Cl.COc1ccc(CC(=O)Cl)cc1OC.O=C(Cl)c1cc(Cl)cc(Cl)c1.O=C(Cl)c1cc(F)ccc1F.O=C(Cl)c1ccc(F)c(F)c1.O=C(Cl)c1cccc2c1-c1ccccc1C2=O. The molecule has 1 aliphatic carbocycles. The first-order valence-corrected chi connectivity index (χ1v) is 24.3. The van der Waals surface area contributed by atoms with E-state index in [0.29, 0.717) is 68.6 Å². The van der Waals surface area contributed by atoms with E-state index in [-0.39, 0.29) is 34.2 Å². The highest BCUT2D eigenvalue weighted by molar-refractivity contribution is 6.69. The fourth-order valence-corrected chi connectivity index (χ4v) is 7.64. The molecule has 396 valence electrons. The van der Waals surface area contributed by atoms with Crippen molar-refractivity contribution in [3.63, 3.8) is 0 Å². The van der Waals surface area contributed by atoms with E-state index in [1.807, 2.05) is 25.1 Å². The Morgan fingerprint density at radius 1 is 0.507 bits per heavy atom. The van der Waals surface area contributed by atoms with Gasteiger partial charge in [0.2, 0.25) is 15.7 Å². The Morgan fingerprint density at radius 2 is 1.07 bits per heavy atom. The number of carbonyl (C=O) groups excluding carboxylic acids is 8. The summed E-state index contributed by atoms with van der Waals surface area (Å²) in [6.45, 7) is 1.86. The number of ketones is 1. The average molecular weight is 1220 g/mol. The lowest BCUT2D eigenvalue weighted by Gasteiger charge is -2.08. The number of benzene rings is 6. The first-order valence-electron chi connectivity index (χ1n) is 20.9. The fraction of sp³-hybridized carbons (Fsp3) is 0.154. The molecule has 0 N–H and O–H groups in total. The molecule has 0 heterocycles. The molecule has 0 amide bonds. The second kappa shape index (κ2) is 32.9. The predicted octanol–water partition coefficient (Wildman–Crippen LogP) is 15.7. The van der Waals surface area contributed by atoms with Gasteiger partial charge in [-0.05, 0) is 177 Å². The van der Waals surface area contributed by atoms with Gasteiger partial charge in [0.15, 0.2) is 28.9 Å². The first-order chi connectivity index (χ1) is 35.2. The summed E-state index contributed by atoms with van der Waals surface area (Å²) in [4.78, 5) is 86.1. The van der Waals surface area contributed by atoms with Crippen molar-refractivity contribution in [2.24, 2.45) is 5.92 Å². The van der Waals surface area contributed by atoms with Gasteiger partial charge < -0.3 is 9.47 Å². The van der Waals surface area contributed by atoms with Gasteiger partial charge in [0.1, 0.15) is 11.6 Å². The lowest BCUT2D eigenvalue weighted by Crippen LogP contribution is -2.01. The number of carbonyl (C=O) groups is 8. The molecule has 0 fully saturated rings. The zero-order valence-corrected chi connectivity index (χ0v) is 45.7. The third kappa shape index (κ3) is 22.8. The lowest BCUT2D eigenvalue weighted by molar-refractivity contribution is -0.114. The molecule has 1 unspecified atom stereocenters. The van der Waals surface area contributed by atoms with Crippen LogP contribution in [0, 0.1) is 29.2 Å². The van der Waals surface area contributed by atoms with Crippen LogP contribution >= 0.6 is 104 Å². The normalized spacial score (nSPS) is 10.7. The smallest absolute Gasteiger partial charge is 0.255 e. The third-order valence-corrected chi connectivity index (χ3v) is 11.2. The summed E-state index contributed by atoms with van der Waals surface area (Å²) in [5.41, 5.74) is 3.65. The van der Waals surface area contributed by atoms with Crippen molar-refractivity contribution in [1.82, 2.24) is 0 Å². The minimum absolute atomic E-state index is 0.0460. The van der Waals surface area contributed by atoms with Crippen LogP contribution in [0.25, 0.3) is 11.1 Å². The Hall–Kier alpha value is -5.39. The highest BCUT2D eigenvalue weighted by Gasteiger charge is 2.29. The molecule has 0 spiro atoms. The van der Waals surface area contributed by atoms with Gasteiger partial charge in [-0.3, -0.25) is 38.4 Å². The molecule has 1 aliphatic rings. The first kappa shape index (κ1) is 65.7. The van der Waals surface area contributed by atoms with Gasteiger partial charge in [0, 0.05) is 62.7 Å². The van der Waals surface area contributed by atoms with Crippen LogP contribution in [0.5, 0.6) is 11.5 Å². The van der Waals surface area contributed by atoms with Crippen LogP contribution in [0.1, 0.15) is 89.1 Å². The number of hydrogen-bond donors (Lipinski definition) is 0. The molecule has 0 saturated carbocycles. The molecular formula is C52H37Cl9F4O10. The van der Waals surface area contributed by atoms with Crippen molar-refractivity contribution in [3.05, 3.63) is 188 Å². The zero-order chi connectivity index (χ0) is 56.7. The van der Waals surface area contributed by atoms with Crippen LogP contribution in [0.2, 0.25) is 10.0 Å². The van der Waals surface area contributed by atoms with E-state index in [9.17, 15) is 55.9 Å². The summed E-state index contributed by atoms with van der Waals surface area (Å²) in [7, 11) is 3.11. The lowest BCUT2D eigenvalue weighted by atomic mass is 10.0. The maximum Gasteiger partial charge on any atom is 0.255 e. The van der Waals surface area contributed by atoms with E-state index in [2.05, 4.69) is 0 Å². The largest absolute Gasteiger partial charge is 0.493 e. The summed E-state index contributed by atoms with van der Waals surface area (Å²) in [5, 5.41) is -3.20. The topological polar surface area (TPSA) is 155 Å². The summed E-state index contributed by atoms with van der Waals surface area (Å²) in [6.07, 6.45) is 1.45. The average Bonchev–Trinajstić information content (AvgIpc) is 3.63. The van der Waals surface area contributed by atoms with Crippen LogP contribution in [0.4, 0.5) is 17.6 Å².